The fraction of sp³-hybridized carbons (Fsp3) is 0.600. The van der Waals surface area contributed by atoms with E-state index in [4.69, 9.17) is 5.11 Å². The van der Waals surface area contributed by atoms with Gasteiger partial charge in [0.05, 0.1) is 0 Å². The van der Waals surface area contributed by atoms with Gasteiger partial charge >= 0.3 is 0 Å². The lowest BCUT2D eigenvalue weighted by molar-refractivity contribution is 0.471. The summed E-state index contributed by atoms with van der Waals surface area (Å²) < 4.78 is 0. The fourth-order valence-electron chi connectivity index (χ4n) is 0.105. The summed E-state index contributed by atoms with van der Waals surface area (Å²) in [5.74, 6) is 0. The van der Waals surface area contributed by atoms with Crippen LogP contribution in [0.2, 0.25) is 0 Å². The van der Waals surface area contributed by atoms with Gasteiger partial charge in [-0.2, -0.15) is 0 Å². The van der Waals surface area contributed by atoms with Crippen molar-refractivity contribution in [2.75, 3.05) is 12.5 Å². The second kappa shape index (κ2) is 2.97. The molecule has 0 unspecified atom stereocenters. The normalized spacial score (nSPS) is 12.9. The van der Waals surface area contributed by atoms with E-state index in [2.05, 4.69) is 12.5 Å². The van der Waals surface area contributed by atoms with E-state index in [0.717, 1.165) is 4.91 Å². The molecule has 1 N–H and O–H groups in total. The lowest BCUT2D eigenvalue weighted by Crippen LogP contribution is -1.94. The lowest BCUT2D eigenvalue weighted by Gasteiger charge is -1.88. The Morgan fingerprint density at radius 2 is 2.00 bits per heavy atom. The first kappa shape index (κ1) is 6.89. The molecule has 0 aliphatic rings. The molecule has 0 saturated heterocycles. The van der Waals surface area contributed by atoms with Crippen LogP contribution in [0.15, 0.2) is 11.2 Å². The molecule has 0 amide bonds. The predicted molar refractivity (Wildman–Crippen MR) is 35.6 cm³/mol. The molecule has 0 fully saturated rings. The highest BCUT2D eigenvalue weighted by Crippen LogP contribution is 1.99. The van der Waals surface area contributed by atoms with Crippen LogP contribution in [0.25, 0.3) is 0 Å². The Labute approximate surface area is 47.4 Å². The van der Waals surface area contributed by atoms with E-state index in [0.29, 0.717) is 0 Å². The smallest absolute Gasteiger partial charge is 0.162 e. The monoisotopic (exact) mass is 119 g/mol. The van der Waals surface area contributed by atoms with Gasteiger partial charge in [0.2, 0.25) is 0 Å². The molecule has 0 rings (SSSR count). The molecule has 0 heterocycles. The number of aliphatic hydroxyl groups excluding tert-OH is 1. The maximum atomic E-state index is 8.35. The fourth-order valence-corrected chi connectivity index (χ4v) is 0.316. The van der Waals surface area contributed by atoms with Gasteiger partial charge in [0.15, 0.2) is 4.91 Å². The number of rotatable bonds is 1. The van der Waals surface area contributed by atoms with Crippen molar-refractivity contribution in [3.63, 3.8) is 0 Å². The van der Waals surface area contributed by atoms with Gasteiger partial charge in [-0.05, 0) is 0 Å². The molecule has 0 saturated carbocycles. The van der Waals surface area contributed by atoms with Gasteiger partial charge in [0, 0.05) is 17.8 Å². The van der Waals surface area contributed by atoms with Crippen LogP contribution in [0, 0.1) is 0 Å². The van der Waals surface area contributed by atoms with Crippen LogP contribution in [-0.4, -0.2) is 17.6 Å². The van der Waals surface area contributed by atoms with Gasteiger partial charge in [-0.1, -0.05) is 0 Å². The molecule has 7 heavy (non-hydrogen) atoms. The minimum absolute atomic E-state index is 0.251. The minimum atomic E-state index is 0.251. The van der Waals surface area contributed by atoms with E-state index < -0.39 is 0 Å². The third kappa shape index (κ3) is 2.57. The highest BCUT2D eigenvalue weighted by atomic mass is 32.2. The standard InChI is InChI=1S/C5H10OS/c1-5(4-6)7(2)3/h4H,1-3H3/p+1. The zero-order chi connectivity index (χ0) is 5.86. The molecule has 0 aromatic heterocycles. The summed E-state index contributed by atoms with van der Waals surface area (Å²) in [4.78, 5) is 1.06. The number of hydrogen-bond donors (Lipinski definition) is 1. The van der Waals surface area contributed by atoms with Crippen LogP contribution in [0.1, 0.15) is 6.92 Å². The Bertz CT molecular complexity index is 76.1. The second-order valence-electron chi connectivity index (χ2n) is 1.56. The van der Waals surface area contributed by atoms with Gasteiger partial charge in [0.1, 0.15) is 18.8 Å². The summed E-state index contributed by atoms with van der Waals surface area (Å²) in [5.41, 5.74) is 0. The van der Waals surface area contributed by atoms with Gasteiger partial charge in [-0.3, -0.25) is 0 Å². The van der Waals surface area contributed by atoms with Crippen molar-refractivity contribution in [2.24, 2.45) is 0 Å². The van der Waals surface area contributed by atoms with Crippen LogP contribution >= 0.6 is 0 Å². The average molecular weight is 119 g/mol. The van der Waals surface area contributed by atoms with E-state index in [1.807, 2.05) is 6.92 Å². The summed E-state index contributed by atoms with van der Waals surface area (Å²) >= 11 is 0. The second-order valence-corrected chi connectivity index (χ2v) is 3.83. The molecule has 42 valence electrons. The molecule has 1 nitrogen and oxygen atoms in total. The van der Waals surface area contributed by atoms with Gasteiger partial charge in [-0.25, -0.2) is 0 Å². The van der Waals surface area contributed by atoms with Crippen molar-refractivity contribution >= 4 is 10.9 Å². The largest absolute Gasteiger partial charge is 0.511 e. The summed E-state index contributed by atoms with van der Waals surface area (Å²) in [6, 6.07) is 0. The molecule has 0 aliphatic carbocycles. The first-order chi connectivity index (χ1) is 3.18. The molecular weight excluding hydrogens is 108 g/mol. The third-order valence-electron chi connectivity index (χ3n) is 0.826. The highest BCUT2D eigenvalue weighted by molar-refractivity contribution is 7.99. The first-order valence-corrected chi connectivity index (χ1v) is 4.11. The van der Waals surface area contributed by atoms with Crippen LogP contribution in [0.4, 0.5) is 0 Å². The topological polar surface area (TPSA) is 20.2 Å². The molecule has 0 aromatic rings. The molecule has 0 spiro atoms. The Morgan fingerprint density at radius 3 is 2.00 bits per heavy atom. The first-order valence-electron chi connectivity index (χ1n) is 2.07. The quantitative estimate of drug-likeness (QED) is 0.407. The van der Waals surface area contributed by atoms with Gasteiger partial charge in [0.25, 0.3) is 0 Å². The summed E-state index contributed by atoms with van der Waals surface area (Å²) in [6.45, 7) is 1.92. The predicted octanol–water partition coefficient (Wildman–Crippen LogP) is 1.28. The third-order valence-corrected chi connectivity index (χ3v) is 2.22. The maximum absolute atomic E-state index is 8.35. The van der Waals surface area contributed by atoms with Gasteiger partial charge in [-0.15, -0.1) is 0 Å². The number of allylic oxidation sites excluding steroid dienone is 1. The number of hydrogen-bond acceptors (Lipinski definition) is 1. The van der Waals surface area contributed by atoms with Crippen molar-refractivity contribution in [2.45, 2.75) is 6.92 Å². The molecule has 0 aliphatic heterocycles. The minimum Gasteiger partial charge on any atom is -0.511 e. The zero-order valence-electron chi connectivity index (χ0n) is 4.93. The molecule has 0 atom stereocenters. The molecule has 2 heteroatoms. The van der Waals surface area contributed by atoms with E-state index in [1.165, 1.54) is 6.26 Å². The van der Waals surface area contributed by atoms with Crippen molar-refractivity contribution < 1.29 is 5.11 Å². The average Bonchev–Trinajstić information content (AvgIpc) is 1.65. The van der Waals surface area contributed by atoms with Crippen LogP contribution in [0.3, 0.4) is 0 Å². The molecule has 0 aromatic carbocycles. The maximum Gasteiger partial charge on any atom is 0.162 e. The van der Waals surface area contributed by atoms with Gasteiger partial charge < -0.3 is 5.11 Å². The Balaban J connectivity index is 3.56. The van der Waals surface area contributed by atoms with Crippen LogP contribution < -0.4 is 0 Å². The van der Waals surface area contributed by atoms with Crippen molar-refractivity contribution in [3.8, 4) is 0 Å². The SMILES string of the molecule is CC(=CO)[S+](C)C. The summed E-state index contributed by atoms with van der Waals surface area (Å²) in [6.07, 6.45) is 5.31. The zero-order valence-corrected chi connectivity index (χ0v) is 5.75. The van der Waals surface area contributed by atoms with Crippen molar-refractivity contribution in [1.82, 2.24) is 0 Å². The van der Waals surface area contributed by atoms with E-state index in [1.54, 1.807) is 0 Å². The summed E-state index contributed by atoms with van der Waals surface area (Å²) in [7, 11) is 0.251. The van der Waals surface area contributed by atoms with Crippen molar-refractivity contribution in [3.05, 3.63) is 11.2 Å². The van der Waals surface area contributed by atoms with Crippen LogP contribution in [-0.2, 0) is 10.9 Å². The molecule has 0 radical (unpaired) electrons. The van der Waals surface area contributed by atoms with E-state index >= 15 is 0 Å². The number of aliphatic hydroxyl groups is 1. The molecule has 0 bridgehead atoms. The Morgan fingerprint density at radius 1 is 1.57 bits per heavy atom. The Kier molecular flexibility index (Phi) is 2.92. The van der Waals surface area contributed by atoms with Crippen molar-refractivity contribution in [1.29, 1.82) is 0 Å². The molecular formula is C5H11OS+. The van der Waals surface area contributed by atoms with Crippen LogP contribution in [0.5, 0.6) is 0 Å². The lowest BCUT2D eigenvalue weighted by atomic mass is 10.7. The van der Waals surface area contributed by atoms with E-state index in [-0.39, 0.29) is 10.9 Å². The highest BCUT2D eigenvalue weighted by Gasteiger charge is 2.03. The van der Waals surface area contributed by atoms with E-state index in [9.17, 15) is 0 Å². The summed E-state index contributed by atoms with van der Waals surface area (Å²) in [5, 5.41) is 8.35. The Hall–Kier alpha value is -0.110.